The second-order valence-electron chi connectivity index (χ2n) is 20.6. The number of allylic oxidation sites excluding steroid dienone is 18. The largest absolute Gasteiger partial charge is 0.479 e. The van der Waals surface area contributed by atoms with E-state index >= 15 is 0 Å². The quantitative estimate of drug-likeness (QED) is 0.0228. The van der Waals surface area contributed by atoms with Crippen LogP contribution in [0.3, 0.4) is 0 Å². The summed E-state index contributed by atoms with van der Waals surface area (Å²) in [6, 6.07) is 0. The summed E-state index contributed by atoms with van der Waals surface area (Å²) in [6.07, 6.45) is 60.5. The van der Waals surface area contributed by atoms with E-state index in [1.54, 1.807) is 0 Å². The Hall–Kier alpha value is -4.62. The van der Waals surface area contributed by atoms with Crippen molar-refractivity contribution in [2.75, 3.05) is 13.2 Å². The molecule has 1 saturated heterocycles. The van der Waals surface area contributed by atoms with Crippen LogP contribution in [0.1, 0.15) is 239 Å². The fourth-order valence-corrected chi connectivity index (χ4v) is 8.64. The van der Waals surface area contributed by atoms with Gasteiger partial charge in [0.25, 0.3) is 0 Å². The van der Waals surface area contributed by atoms with Gasteiger partial charge in [0.1, 0.15) is 18.8 Å². The van der Waals surface area contributed by atoms with Crippen molar-refractivity contribution in [3.8, 4) is 0 Å². The van der Waals surface area contributed by atoms with E-state index in [1.807, 2.05) is 0 Å². The maximum Gasteiger partial charge on any atom is 0.335 e. The van der Waals surface area contributed by atoms with Crippen LogP contribution in [-0.4, -0.2) is 89.2 Å². The highest BCUT2D eigenvalue weighted by atomic mass is 16.7. The van der Waals surface area contributed by atoms with Gasteiger partial charge in [-0.25, -0.2) is 4.79 Å². The van der Waals surface area contributed by atoms with E-state index in [1.165, 1.54) is 57.8 Å². The van der Waals surface area contributed by atoms with Crippen LogP contribution in [0.2, 0.25) is 0 Å². The van der Waals surface area contributed by atoms with Gasteiger partial charge in [0.2, 0.25) is 0 Å². The summed E-state index contributed by atoms with van der Waals surface area (Å²) in [6.45, 7) is 5.72. The molecular weight excluding hydrogens is 997 g/mol. The number of hydrogen-bond acceptors (Lipinski definition) is 11. The molecule has 0 spiro atoms. The van der Waals surface area contributed by atoms with E-state index in [-0.39, 0.29) is 25.9 Å². The Kier molecular flexibility index (Phi) is 49.5. The summed E-state index contributed by atoms with van der Waals surface area (Å²) in [7, 11) is 0. The van der Waals surface area contributed by atoms with Gasteiger partial charge in [-0.05, 0) is 122 Å². The van der Waals surface area contributed by atoms with Gasteiger partial charge in [0.15, 0.2) is 24.6 Å². The summed E-state index contributed by atoms with van der Waals surface area (Å²) in [5.41, 5.74) is 0. The van der Waals surface area contributed by atoms with Crippen LogP contribution in [0.5, 0.6) is 0 Å². The molecule has 1 aliphatic heterocycles. The number of ether oxygens (including phenoxy) is 5. The molecule has 0 bridgehead atoms. The van der Waals surface area contributed by atoms with Crippen molar-refractivity contribution < 1.29 is 58.2 Å². The predicted octanol–water partition coefficient (Wildman–Crippen LogP) is 16.2. The van der Waals surface area contributed by atoms with Crippen LogP contribution < -0.4 is 0 Å². The standard InChI is InChI=1S/C67H108O12/c1-4-7-10-13-16-19-22-25-28-30-33-35-38-41-44-47-50-53-59(68)75-56-58(77-60(69)54-51-48-45-42-39-37-34-31-29-26-23-20-17-14-11-8-5-2)57-76-67-65(63(72)62(71)64(79-67)66(73)74)78-61(70)55-52-49-46-43-40-36-32-27-24-21-18-15-12-9-6-3/h7,9-10,12,16,18-19,21,25-29,32-33,35,40,43,58,62-65,67,71-72H,4-6,8,11,13-15,17,20,22-24,30-31,34,36-39,41-42,44-57H2,1-3H3,(H,73,74)/b10-7-,12-9-,19-16-,21-18-,28-25-,29-26-,32-27-,35-33-,43-40-. The molecular formula is C67H108O12. The van der Waals surface area contributed by atoms with E-state index in [0.717, 1.165) is 116 Å². The molecule has 3 N–H and O–H groups in total. The zero-order valence-corrected chi connectivity index (χ0v) is 49.3. The van der Waals surface area contributed by atoms with Crippen molar-refractivity contribution >= 4 is 23.9 Å². The fourth-order valence-electron chi connectivity index (χ4n) is 8.64. The van der Waals surface area contributed by atoms with Gasteiger partial charge in [-0.1, -0.05) is 207 Å². The number of carboxylic acids is 1. The van der Waals surface area contributed by atoms with E-state index in [9.17, 15) is 34.5 Å². The molecule has 0 amide bonds. The number of carbonyl (C=O) groups excluding carboxylic acids is 3. The molecule has 1 heterocycles. The molecule has 0 radical (unpaired) electrons. The number of rotatable bonds is 51. The summed E-state index contributed by atoms with van der Waals surface area (Å²) >= 11 is 0. The van der Waals surface area contributed by atoms with Crippen molar-refractivity contribution in [3.05, 3.63) is 109 Å². The third-order valence-corrected chi connectivity index (χ3v) is 13.3. The number of carboxylic acid groups (broad SMARTS) is 1. The van der Waals surface area contributed by atoms with E-state index in [0.29, 0.717) is 25.7 Å². The lowest BCUT2D eigenvalue weighted by Gasteiger charge is -2.40. The second kappa shape index (κ2) is 54.0. The Balaban J connectivity index is 2.73. The Labute approximate surface area is 478 Å². The molecule has 1 aliphatic rings. The molecule has 12 heteroatoms. The Morgan fingerprint density at radius 1 is 0.430 bits per heavy atom. The van der Waals surface area contributed by atoms with Crippen LogP contribution in [0.4, 0.5) is 0 Å². The highest BCUT2D eigenvalue weighted by Gasteiger charge is 2.50. The first kappa shape index (κ1) is 72.4. The van der Waals surface area contributed by atoms with Crippen molar-refractivity contribution in [3.63, 3.8) is 0 Å². The van der Waals surface area contributed by atoms with E-state index in [2.05, 4.69) is 130 Å². The molecule has 6 unspecified atom stereocenters. The SMILES string of the molecule is CC/C=C\C/C=C\C/C=C\C/C=C\CCCCCCC(=O)OCC(COC1OC(C(=O)O)C(O)C(O)C1OC(=O)CCCC/C=C\C/C=C\C/C=C\C/C=C\CC)OC(=O)CCCCCCCCC/C=C\CCCCCCCC. The van der Waals surface area contributed by atoms with Gasteiger partial charge in [-0.15, -0.1) is 0 Å². The maximum absolute atomic E-state index is 13.2. The molecule has 0 aliphatic carbocycles. The maximum atomic E-state index is 13.2. The number of unbranched alkanes of at least 4 members (excludes halogenated alkanes) is 19. The number of hydrogen-bond donors (Lipinski definition) is 3. The van der Waals surface area contributed by atoms with Gasteiger partial charge in [-0.2, -0.15) is 0 Å². The van der Waals surface area contributed by atoms with Crippen LogP contribution in [0.25, 0.3) is 0 Å². The van der Waals surface area contributed by atoms with Crippen LogP contribution in [-0.2, 0) is 42.9 Å². The summed E-state index contributed by atoms with van der Waals surface area (Å²) in [4.78, 5) is 51.2. The van der Waals surface area contributed by atoms with Crippen LogP contribution >= 0.6 is 0 Å². The minimum atomic E-state index is -1.93. The number of carbonyl (C=O) groups is 4. The first-order valence-electron chi connectivity index (χ1n) is 30.9. The van der Waals surface area contributed by atoms with Gasteiger partial charge in [0.05, 0.1) is 6.61 Å². The normalized spacial score (nSPS) is 18.6. The monoisotopic (exact) mass is 1100 g/mol. The zero-order chi connectivity index (χ0) is 57.5. The average molecular weight is 1110 g/mol. The lowest BCUT2D eigenvalue weighted by atomic mass is 9.98. The first-order chi connectivity index (χ1) is 38.6. The summed E-state index contributed by atoms with van der Waals surface area (Å²) in [5.74, 6) is -3.22. The minimum absolute atomic E-state index is 0.000389. The fraction of sp³-hybridized carbons (Fsp3) is 0.672. The number of aliphatic hydroxyl groups excluding tert-OH is 2. The highest BCUT2D eigenvalue weighted by Crippen LogP contribution is 2.26. The first-order valence-corrected chi connectivity index (χ1v) is 30.9. The topological polar surface area (TPSA) is 175 Å². The smallest absolute Gasteiger partial charge is 0.335 e. The van der Waals surface area contributed by atoms with Gasteiger partial charge in [0, 0.05) is 19.3 Å². The number of aliphatic hydroxyl groups is 2. The lowest BCUT2D eigenvalue weighted by Crippen LogP contribution is -2.61. The zero-order valence-electron chi connectivity index (χ0n) is 49.3. The average Bonchev–Trinajstić information content (AvgIpc) is 3.46. The third-order valence-electron chi connectivity index (χ3n) is 13.3. The Morgan fingerprint density at radius 3 is 1.25 bits per heavy atom. The summed E-state index contributed by atoms with van der Waals surface area (Å²) < 4.78 is 28.4. The number of aliphatic carboxylic acids is 1. The minimum Gasteiger partial charge on any atom is -0.479 e. The van der Waals surface area contributed by atoms with Gasteiger partial charge in [-0.3, -0.25) is 14.4 Å². The van der Waals surface area contributed by atoms with Crippen molar-refractivity contribution in [1.29, 1.82) is 0 Å². The molecule has 12 nitrogen and oxygen atoms in total. The van der Waals surface area contributed by atoms with Gasteiger partial charge < -0.3 is 39.0 Å². The molecule has 1 fully saturated rings. The molecule has 0 aromatic rings. The third kappa shape index (κ3) is 43.8. The lowest BCUT2D eigenvalue weighted by molar-refractivity contribution is -0.301. The molecule has 448 valence electrons. The molecule has 79 heavy (non-hydrogen) atoms. The van der Waals surface area contributed by atoms with Crippen LogP contribution in [0.15, 0.2) is 109 Å². The molecule has 6 atom stereocenters. The second-order valence-corrected chi connectivity index (χ2v) is 20.6. The summed E-state index contributed by atoms with van der Waals surface area (Å²) in [5, 5.41) is 31.5. The van der Waals surface area contributed by atoms with Gasteiger partial charge >= 0.3 is 23.9 Å². The Bertz CT molecular complexity index is 1790. The highest BCUT2D eigenvalue weighted by molar-refractivity contribution is 5.74. The molecule has 1 rings (SSSR count). The van der Waals surface area contributed by atoms with Crippen LogP contribution in [0, 0.1) is 0 Å². The Morgan fingerprint density at radius 2 is 0.797 bits per heavy atom. The van der Waals surface area contributed by atoms with E-state index < -0.39 is 67.3 Å². The van der Waals surface area contributed by atoms with E-state index in [4.69, 9.17) is 23.7 Å². The molecule has 0 aromatic heterocycles. The van der Waals surface area contributed by atoms with Crippen molar-refractivity contribution in [2.24, 2.45) is 0 Å². The molecule has 0 aromatic carbocycles. The van der Waals surface area contributed by atoms with Crippen molar-refractivity contribution in [1.82, 2.24) is 0 Å². The predicted molar refractivity (Wildman–Crippen MR) is 321 cm³/mol. The molecule has 0 saturated carbocycles. The van der Waals surface area contributed by atoms with Crippen molar-refractivity contribution in [2.45, 2.75) is 276 Å². The number of esters is 3.